The molecule has 0 spiro atoms. The van der Waals surface area contributed by atoms with Crippen molar-refractivity contribution in [3.8, 4) is 0 Å². The average Bonchev–Trinajstić information content (AvgIpc) is 2.02. The maximum Gasteiger partial charge on any atom is 0.366 e. The minimum atomic E-state index is -1.08. The first-order valence-corrected chi connectivity index (χ1v) is 3.23. The first-order valence-electron chi connectivity index (χ1n) is 3.23. The number of carbonyl (C=O) groups is 2. The van der Waals surface area contributed by atoms with Crippen molar-refractivity contribution in [1.82, 2.24) is 0 Å². The van der Waals surface area contributed by atoms with Crippen LogP contribution in [0.25, 0.3) is 0 Å². The molecular weight excluding hydrogens is 167 g/mol. The third-order valence-corrected chi connectivity index (χ3v) is 1.06. The molecule has 0 saturated carbocycles. The van der Waals surface area contributed by atoms with Crippen LogP contribution in [0.5, 0.6) is 0 Å². The van der Waals surface area contributed by atoms with E-state index in [1.54, 1.807) is 0 Å². The zero-order valence-corrected chi connectivity index (χ0v) is 6.54. The van der Waals surface area contributed by atoms with E-state index in [1.807, 2.05) is 0 Å². The highest BCUT2D eigenvalue weighted by molar-refractivity contribution is 5.85. The Labute approximate surface area is 68.6 Å². The summed E-state index contributed by atoms with van der Waals surface area (Å²) in [5, 5.41) is 8.15. The summed E-state index contributed by atoms with van der Waals surface area (Å²) < 4.78 is 16.5. The maximum absolute atomic E-state index is 12.4. The van der Waals surface area contributed by atoms with Crippen molar-refractivity contribution in [1.29, 1.82) is 0 Å². The molecule has 0 unspecified atom stereocenters. The fourth-order valence-corrected chi connectivity index (χ4v) is 0.503. The maximum atomic E-state index is 12.4. The van der Waals surface area contributed by atoms with Gasteiger partial charge in [0.15, 0.2) is 0 Å². The topological polar surface area (TPSA) is 63.6 Å². The molecule has 0 aromatic heterocycles. The SMILES string of the molecule is COC(=O)/C(F)=C/CCC(=O)O. The first kappa shape index (κ1) is 10.6. The van der Waals surface area contributed by atoms with Gasteiger partial charge in [0.25, 0.3) is 0 Å². The van der Waals surface area contributed by atoms with Crippen LogP contribution in [0.15, 0.2) is 11.9 Å². The molecule has 1 N–H and O–H groups in total. The highest BCUT2D eigenvalue weighted by Crippen LogP contribution is 2.02. The molecule has 4 nitrogen and oxygen atoms in total. The van der Waals surface area contributed by atoms with Gasteiger partial charge in [-0.3, -0.25) is 4.79 Å². The van der Waals surface area contributed by atoms with Gasteiger partial charge in [-0.15, -0.1) is 0 Å². The Morgan fingerprint density at radius 1 is 1.58 bits per heavy atom. The van der Waals surface area contributed by atoms with Crippen molar-refractivity contribution < 1.29 is 23.8 Å². The number of hydrogen-bond acceptors (Lipinski definition) is 3. The molecule has 5 heteroatoms. The molecular formula is C7H9FO4. The van der Waals surface area contributed by atoms with Gasteiger partial charge in [-0.1, -0.05) is 0 Å². The van der Waals surface area contributed by atoms with Gasteiger partial charge in [0.1, 0.15) is 0 Å². The van der Waals surface area contributed by atoms with Crippen LogP contribution in [0.4, 0.5) is 4.39 Å². The van der Waals surface area contributed by atoms with Crippen LogP contribution in [0.1, 0.15) is 12.8 Å². The summed E-state index contributed by atoms with van der Waals surface area (Å²) in [6.07, 6.45) is 0.667. The zero-order chi connectivity index (χ0) is 9.56. The number of allylic oxidation sites excluding steroid dienone is 1. The van der Waals surface area contributed by atoms with Crippen LogP contribution in [0.2, 0.25) is 0 Å². The van der Waals surface area contributed by atoms with Crippen LogP contribution in [-0.2, 0) is 14.3 Å². The van der Waals surface area contributed by atoms with Gasteiger partial charge in [0, 0.05) is 6.42 Å². The van der Waals surface area contributed by atoms with Crippen molar-refractivity contribution in [3.05, 3.63) is 11.9 Å². The predicted octanol–water partition coefficient (Wildman–Crippen LogP) is 0.878. The fourth-order valence-electron chi connectivity index (χ4n) is 0.503. The Morgan fingerprint density at radius 3 is 2.58 bits per heavy atom. The van der Waals surface area contributed by atoms with Crippen molar-refractivity contribution in [2.45, 2.75) is 12.8 Å². The number of carboxylic acids is 1. The third kappa shape index (κ3) is 4.43. The molecule has 0 aliphatic carbocycles. The van der Waals surface area contributed by atoms with E-state index in [0.29, 0.717) is 0 Å². The van der Waals surface area contributed by atoms with Crippen molar-refractivity contribution in [2.75, 3.05) is 7.11 Å². The second-order valence-electron chi connectivity index (χ2n) is 1.98. The summed E-state index contributed by atoms with van der Waals surface area (Å²) in [6, 6.07) is 0. The van der Waals surface area contributed by atoms with Crippen LogP contribution in [-0.4, -0.2) is 24.2 Å². The molecule has 0 atom stereocenters. The molecule has 0 bridgehead atoms. The van der Waals surface area contributed by atoms with E-state index < -0.39 is 17.8 Å². The van der Waals surface area contributed by atoms with Gasteiger partial charge in [-0.2, -0.15) is 4.39 Å². The second-order valence-corrected chi connectivity index (χ2v) is 1.98. The van der Waals surface area contributed by atoms with Crippen molar-refractivity contribution in [2.24, 2.45) is 0 Å². The van der Waals surface area contributed by atoms with E-state index in [0.717, 1.165) is 13.2 Å². The third-order valence-electron chi connectivity index (χ3n) is 1.06. The highest BCUT2D eigenvalue weighted by atomic mass is 19.1. The Balaban J connectivity index is 3.84. The van der Waals surface area contributed by atoms with Gasteiger partial charge in [0.05, 0.1) is 7.11 Å². The monoisotopic (exact) mass is 176 g/mol. The number of carbonyl (C=O) groups excluding carboxylic acids is 1. The molecule has 0 aromatic rings. The van der Waals surface area contributed by atoms with Gasteiger partial charge in [-0.05, 0) is 12.5 Å². The number of rotatable bonds is 4. The van der Waals surface area contributed by atoms with E-state index in [4.69, 9.17) is 5.11 Å². The number of hydrogen-bond donors (Lipinski definition) is 1. The van der Waals surface area contributed by atoms with E-state index in [1.165, 1.54) is 0 Å². The molecule has 12 heavy (non-hydrogen) atoms. The predicted molar refractivity (Wildman–Crippen MR) is 38.1 cm³/mol. The van der Waals surface area contributed by atoms with Gasteiger partial charge in [0.2, 0.25) is 5.83 Å². The van der Waals surface area contributed by atoms with Crippen LogP contribution in [0.3, 0.4) is 0 Å². The first-order chi connectivity index (χ1) is 5.57. The van der Waals surface area contributed by atoms with E-state index in [9.17, 15) is 14.0 Å². The van der Waals surface area contributed by atoms with Crippen LogP contribution in [0, 0.1) is 0 Å². The quantitative estimate of drug-likeness (QED) is 0.510. The summed E-state index contributed by atoms with van der Waals surface area (Å²) in [4.78, 5) is 20.3. The minimum absolute atomic E-state index is 0.0176. The molecule has 0 aromatic carbocycles. The Morgan fingerprint density at radius 2 is 2.17 bits per heavy atom. The number of methoxy groups -OCH3 is 1. The normalized spacial score (nSPS) is 11.0. The molecule has 0 aliphatic heterocycles. The molecule has 0 amide bonds. The lowest BCUT2D eigenvalue weighted by Gasteiger charge is -1.93. The Bertz CT molecular complexity index is 209. The van der Waals surface area contributed by atoms with Gasteiger partial charge < -0.3 is 9.84 Å². The molecule has 0 saturated heterocycles. The van der Waals surface area contributed by atoms with E-state index in [2.05, 4.69) is 4.74 Å². The molecule has 68 valence electrons. The Hall–Kier alpha value is -1.39. The zero-order valence-electron chi connectivity index (χ0n) is 6.54. The number of carboxylic acid groups (broad SMARTS) is 1. The fraction of sp³-hybridized carbons (Fsp3) is 0.429. The van der Waals surface area contributed by atoms with Crippen LogP contribution >= 0.6 is 0 Å². The summed E-state index contributed by atoms with van der Waals surface area (Å²) >= 11 is 0. The minimum Gasteiger partial charge on any atom is -0.481 e. The lowest BCUT2D eigenvalue weighted by Crippen LogP contribution is -2.00. The number of esters is 1. The summed E-state index contributed by atoms with van der Waals surface area (Å²) in [5.41, 5.74) is 0. The second kappa shape index (κ2) is 5.29. The molecule has 0 aliphatic rings. The van der Waals surface area contributed by atoms with Crippen LogP contribution < -0.4 is 0 Å². The lowest BCUT2D eigenvalue weighted by molar-refractivity contribution is -0.138. The lowest BCUT2D eigenvalue weighted by atomic mass is 10.3. The van der Waals surface area contributed by atoms with Gasteiger partial charge >= 0.3 is 11.9 Å². The molecule has 0 heterocycles. The summed E-state index contributed by atoms with van der Waals surface area (Å²) in [6.45, 7) is 0. The largest absolute Gasteiger partial charge is 0.481 e. The summed E-state index contributed by atoms with van der Waals surface area (Å²) in [5.74, 6) is -3.18. The Kier molecular flexibility index (Phi) is 4.67. The standard InChI is InChI=1S/C7H9FO4/c1-12-7(11)5(8)3-2-4-6(9)10/h3H,2,4H2,1H3,(H,9,10)/b5-3-. The number of ether oxygens (including phenoxy) is 1. The van der Waals surface area contributed by atoms with Crippen molar-refractivity contribution >= 4 is 11.9 Å². The molecule has 0 radical (unpaired) electrons. The van der Waals surface area contributed by atoms with E-state index in [-0.39, 0.29) is 12.8 Å². The van der Waals surface area contributed by atoms with Gasteiger partial charge in [-0.25, -0.2) is 4.79 Å². The molecule has 0 rings (SSSR count). The average molecular weight is 176 g/mol. The summed E-state index contributed by atoms with van der Waals surface area (Å²) in [7, 11) is 1.05. The number of halogens is 1. The highest BCUT2D eigenvalue weighted by Gasteiger charge is 2.07. The van der Waals surface area contributed by atoms with Crippen molar-refractivity contribution in [3.63, 3.8) is 0 Å². The molecule has 0 fully saturated rings. The number of aliphatic carboxylic acids is 1. The van der Waals surface area contributed by atoms with E-state index >= 15 is 0 Å². The smallest absolute Gasteiger partial charge is 0.366 e.